The van der Waals surface area contributed by atoms with E-state index < -0.39 is 11.9 Å². The lowest BCUT2D eigenvalue weighted by Gasteiger charge is -2.27. The monoisotopic (exact) mass is 333 g/mol. The third-order valence-corrected chi connectivity index (χ3v) is 4.68. The van der Waals surface area contributed by atoms with E-state index in [4.69, 9.17) is 0 Å². The molecule has 3 rings (SSSR count). The topological polar surface area (TPSA) is 40.5 Å². The molecule has 1 atom stereocenters. The minimum atomic E-state index is -0.714. The van der Waals surface area contributed by atoms with Crippen LogP contribution in [0.5, 0.6) is 0 Å². The lowest BCUT2D eigenvalue weighted by molar-refractivity contribution is -0.139. The normalized spacial score (nSPS) is 16.7. The Labute approximate surface area is 143 Å². The number of carboxylic acid groups (broad SMARTS) is 1. The summed E-state index contributed by atoms with van der Waals surface area (Å²) in [6, 6.07) is 14.0. The standard InChI is InChI=1S/C19H23NO2.ClH/c21-19(22)18(11-14-20-12-4-1-5-13-20)17-10-6-8-15-7-2-3-9-16(15)17;/h2-3,6-10,18H,1,4-5,11-14H2,(H,21,22);1H. The Bertz CT molecular complexity index is 647. The van der Waals surface area contributed by atoms with Crippen LogP contribution < -0.4 is 0 Å². The summed E-state index contributed by atoms with van der Waals surface area (Å²) in [5.74, 6) is -1.14. The molecule has 3 nitrogen and oxygen atoms in total. The number of benzene rings is 2. The molecule has 0 radical (unpaired) electrons. The summed E-state index contributed by atoms with van der Waals surface area (Å²) in [7, 11) is 0. The molecule has 23 heavy (non-hydrogen) atoms. The highest BCUT2D eigenvalue weighted by Crippen LogP contribution is 2.28. The Morgan fingerprint density at radius 2 is 1.74 bits per heavy atom. The fraction of sp³-hybridized carbons (Fsp3) is 0.421. The van der Waals surface area contributed by atoms with Gasteiger partial charge >= 0.3 is 5.97 Å². The number of aliphatic carboxylic acids is 1. The van der Waals surface area contributed by atoms with E-state index >= 15 is 0 Å². The van der Waals surface area contributed by atoms with E-state index in [9.17, 15) is 9.90 Å². The van der Waals surface area contributed by atoms with Crippen LogP contribution in [0.2, 0.25) is 0 Å². The fourth-order valence-electron chi connectivity index (χ4n) is 3.46. The molecular formula is C19H24ClNO2. The predicted molar refractivity (Wildman–Crippen MR) is 96.5 cm³/mol. The Kier molecular flexibility index (Phi) is 6.43. The summed E-state index contributed by atoms with van der Waals surface area (Å²) in [5, 5.41) is 11.9. The molecule has 4 heteroatoms. The summed E-state index contributed by atoms with van der Waals surface area (Å²) in [5.41, 5.74) is 0.947. The van der Waals surface area contributed by atoms with Crippen molar-refractivity contribution in [3.05, 3.63) is 48.0 Å². The quantitative estimate of drug-likeness (QED) is 0.886. The molecule has 124 valence electrons. The predicted octanol–water partition coefficient (Wildman–Crippen LogP) is 4.31. The number of nitrogens with zero attached hydrogens (tertiary/aromatic N) is 1. The maximum absolute atomic E-state index is 11.8. The van der Waals surface area contributed by atoms with Crippen LogP contribution in [0.25, 0.3) is 10.8 Å². The average Bonchev–Trinajstić information content (AvgIpc) is 2.56. The van der Waals surface area contributed by atoms with Gasteiger partial charge in [-0.1, -0.05) is 48.9 Å². The van der Waals surface area contributed by atoms with E-state index in [1.165, 1.54) is 19.3 Å². The first-order valence-electron chi connectivity index (χ1n) is 8.18. The number of hydrogen-bond acceptors (Lipinski definition) is 2. The largest absolute Gasteiger partial charge is 0.481 e. The SMILES string of the molecule is Cl.O=C(O)C(CCN1CCCCC1)c1cccc2ccccc12. The second-order valence-electron chi connectivity index (χ2n) is 6.15. The van der Waals surface area contributed by atoms with Gasteiger partial charge in [0.1, 0.15) is 0 Å². The van der Waals surface area contributed by atoms with Gasteiger partial charge in [-0.3, -0.25) is 4.79 Å². The third kappa shape index (κ3) is 4.24. The van der Waals surface area contributed by atoms with Crippen molar-refractivity contribution < 1.29 is 9.90 Å². The van der Waals surface area contributed by atoms with E-state index in [0.29, 0.717) is 6.42 Å². The molecule has 1 heterocycles. The van der Waals surface area contributed by atoms with Gasteiger partial charge in [0.25, 0.3) is 0 Å². The van der Waals surface area contributed by atoms with Gasteiger partial charge in [0.2, 0.25) is 0 Å². The highest BCUT2D eigenvalue weighted by molar-refractivity contribution is 5.90. The zero-order chi connectivity index (χ0) is 15.4. The highest BCUT2D eigenvalue weighted by atomic mass is 35.5. The molecule has 1 saturated heterocycles. The number of fused-ring (bicyclic) bond motifs is 1. The molecule has 0 spiro atoms. The van der Waals surface area contributed by atoms with Gasteiger partial charge in [-0.2, -0.15) is 0 Å². The Balaban J connectivity index is 0.00000192. The smallest absolute Gasteiger partial charge is 0.311 e. The van der Waals surface area contributed by atoms with Crippen molar-refractivity contribution in [2.75, 3.05) is 19.6 Å². The third-order valence-electron chi connectivity index (χ3n) is 4.68. The van der Waals surface area contributed by atoms with Gasteiger partial charge in [0.15, 0.2) is 0 Å². The van der Waals surface area contributed by atoms with Crippen LogP contribution in [-0.2, 0) is 4.79 Å². The number of hydrogen-bond donors (Lipinski definition) is 1. The van der Waals surface area contributed by atoms with Crippen molar-refractivity contribution in [3.8, 4) is 0 Å². The molecule has 1 aliphatic rings. The molecule has 0 aliphatic carbocycles. The summed E-state index contributed by atoms with van der Waals surface area (Å²) in [6.07, 6.45) is 4.48. The zero-order valence-electron chi connectivity index (χ0n) is 13.3. The van der Waals surface area contributed by atoms with Crippen LogP contribution >= 0.6 is 12.4 Å². The molecule has 2 aromatic rings. The number of halogens is 1. The first kappa shape index (κ1) is 17.8. The van der Waals surface area contributed by atoms with Crippen molar-refractivity contribution >= 4 is 29.1 Å². The van der Waals surface area contributed by atoms with Gasteiger partial charge in [-0.25, -0.2) is 0 Å². The van der Waals surface area contributed by atoms with Gasteiger partial charge in [0.05, 0.1) is 5.92 Å². The first-order valence-corrected chi connectivity index (χ1v) is 8.18. The molecule has 0 amide bonds. The van der Waals surface area contributed by atoms with Crippen LogP contribution in [0.4, 0.5) is 0 Å². The molecule has 1 N–H and O–H groups in total. The summed E-state index contributed by atoms with van der Waals surface area (Å²) in [4.78, 5) is 14.2. The van der Waals surface area contributed by atoms with E-state index in [0.717, 1.165) is 36.0 Å². The Morgan fingerprint density at radius 3 is 2.48 bits per heavy atom. The summed E-state index contributed by atoms with van der Waals surface area (Å²) >= 11 is 0. The lowest BCUT2D eigenvalue weighted by Crippen LogP contribution is -2.32. The zero-order valence-corrected chi connectivity index (χ0v) is 14.1. The number of likely N-dealkylation sites (tertiary alicyclic amines) is 1. The maximum Gasteiger partial charge on any atom is 0.311 e. The second-order valence-corrected chi connectivity index (χ2v) is 6.15. The van der Waals surface area contributed by atoms with E-state index in [1.807, 2.05) is 42.5 Å². The molecule has 0 bridgehead atoms. The van der Waals surface area contributed by atoms with Gasteiger partial charge in [0, 0.05) is 0 Å². The van der Waals surface area contributed by atoms with E-state index in [2.05, 4.69) is 4.90 Å². The number of piperidine rings is 1. The molecular weight excluding hydrogens is 310 g/mol. The lowest BCUT2D eigenvalue weighted by atomic mass is 9.90. The Hall–Kier alpha value is -1.58. The van der Waals surface area contributed by atoms with E-state index in [-0.39, 0.29) is 12.4 Å². The first-order chi connectivity index (χ1) is 10.8. The molecule has 1 unspecified atom stereocenters. The number of carboxylic acids is 1. The van der Waals surface area contributed by atoms with Crippen LogP contribution in [0.3, 0.4) is 0 Å². The van der Waals surface area contributed by atoms with Crippen molar-refractivity contribution in [1.29, 1.82) is 0 Å². The molecule has 2 aromatic carbocycles. The van der Waals surface area contributed by atoms with Crippen molar-refractivity contribution in [2.45, 2.75) is 31.6 Å². The fourth-order valence-corrected chi connectivity index (χ4v) is 3.46. The average molecular weight is 334 g/mol. The van der Waals surface area contributed by atoms with Crippen molar-refractivity contribution in [2.24, 2.45) is 0 Å². The molecule has 0 aromatic heterocycles. The number of carbonyl (C=O) groups is 1. The number of rotatable bonds is 5. The minimum Gasteiger partial charge on any atom is -0.481 e. The van der Waals surface area contributed by atoms with Gasteiger partial charge < -0.3 is 10.0 Å². The van der Waals surface area contributed by atoms with Crippen LogP contribution in [0.1, 0.15) is 37.2 Å². The van der Waals surface area contributed by atoms with Gasteiger partial charge in [-0.15, -0.1) is 12.4 Å². The van der Waals surface area contributed by atoms with Crippen LogP contribution in [0.15, 0.2) is 42.5 Å². The van der Waals surface area contributed by atoms with Gasteiger partial charge in [-0.05, 0) is 55.2 Å². The summed E-state index contributed by atoms with van der Waals surface area (Å²) in [6.45, 7) is 3.10. The van der Waals surface area contributed by atoms with Crippen LogP contribution in [-0.4, -0.2) is 35.6 Å². The van der Waals surface area contributed by atoms with E-state index in [1.54, 1.807) is 0 Å². The second kappa shape index (κ2) is 8.32. The molecule has 1 fully saturated rings. The van der Waals surface area contributed by atoms with Crippen molar-refractivity contribution in [3.63, 3.8) is 0 Å². The van der Waals surface area contributed by atoms with Crippen molar-refractivity contribution in [1.82, 2.24) is 4.90 Å². The molecule has 0 saturated carbocycles. The minimum absolute atomic E-state index is 0. The molecule has 1 aliphatic heterocycles. The maximum atomic E-state index is 11.8. The highest BCUT2D eigenvalue weighted by Gasteiger charge is 2.23. The summed E-state index contributed by atoms with van der Waals surface area (Å²) < 4.78 is 0. The van der Waals surface area contributed by atoms with Crippen LogP contribution in [0, 0.1) is 0 Å². The Morgan fingerprint density at radius 1 is 1.04 bits per heavy atom.